The zero-order valence-electron chi connectivity index (χ0n) is 8.74. The van der Waals surface area contributed by atoms with Crippen molar-refractivity contribution >= 4 is 14.8 Å². The first-order chi connectivity index (χ1) is 6.64. The van der Waals surface area contributed by atoms with Gasteiger partial charge in [-0.3, -0.25) is 4.79 Å². The third-order valence-electron chi connectivity index (χ3n) is 1.77. The van der Waals surface area contributed by atoms with Crippen LogP contribution in [0.4, 0.5) is 0 Å². The molecule has 0 radical (unpaired) electrons. The zero-order chi connectivity index (χ0) is 11.0. The third kappa shape index (κ3) is 4.16. The predicted octanol–water partition coefficient (Wildman–Crippen LogP) is -0.634. The molecule has 0 aliphatic heterocycles. The lowest BCUT2D eigenvalue weighted by Crippen LogP contribution is -2.44. The van der Waals surface area contributed by atoms with Crippen LogP contribution in [-0.4, -0.2) is 49.3 Å². The second-order valence-electron chi connectivity index (χ2n) is 2.47. The fourth-order valence-electron chi connectivity index (χ4n) is 0.905. The monoisotopic (exact) mass is 223 g/mol. The number of carbonyl (C=O) groups is 1. The summed E-state index contributed by atoms with van der Waals surface area (Å²) >= 11 is 0. The maximum absolute atomic E-state index is 10.7. The summed E-state index contributed by atoms with van der Waals surface area (Å²) in [5.41, 5.74) is 5.06. The summed E-state index contributed by atoms with van der Waals surface area (Å²) in [4.78, 5) is 10.7. The highest BCUT2D eigenvalue weighted by Crippen LogP contribution is 2.11. The zero-order valence-corrected chi connectivity index (χ0v) is 9.74. The molecule has 14 heavy (non-hydrogen) atoms. The number of carbonyl (C=O) groups excluding carboxylic acids is 1. The minimum absolute atomic E-state index is 0.124. The first-order valence-corrected chi connectivity index (χ1v) is 6.08. The highest BCUT2D eigenvalue weighted by Gasteiger charge is 2.37. The van der Waals surface area contributed by atoms with E-state index in [1.165, 1.54) is 21.3 Å². The molecule has 0 saturated heterocycles. The molecule has 0 amide bonds. The molecule has 0 aromatic carbocycles. The van der Waals surface area contributed by atoms with E-state index < -0.39 is 14.8 Å². The number of esters is 1. The molecule has 0 atom stereocenters. The highest BCUT2D eigenvalue weighted by molar-refractivity contribution is 6.60. The molecule has 6 nitrogen and oxygen atoms in total. The highest BCUT2D eigenvalue weighted by atomic mass is 28.4. The summed E-state index contributed by atoms with van der Waals surface area (Å²) in [7, 11) is 1.90. The van der Waals surface area contributed by atoms with Crippen LogP contribution in [0.1, 0.15) is 0 Å². The van der Waals surface area contributed by atoms with Crippen molar-refractivity contribution in [1.29, 1.82) is 0 Å². The van der Waals surface area contributed by atoms with E-state index in [1.807, 2.05) is 0 Å². The molecule has 0 spiro atoms. The molecule has 0 aliphatic carbocycles. The van der Waals surface area contributed by atoms with Crippen molar-refractivity contribution in [3.05, 3.63) is 0 Å². The van der Waals surface area contributed by atoms with Crippen LogP contribution < -0.4 is 5.73 Å². The molecule has 84 valence electrons. The second-order valence-corrected chi connectivity index (χ2v) is 5.56. The van der Waals surface area contributed by atoms with Gasteiger partial charge >= 0.3 is 14.8 Å². The van der Waals surface area contributed by atoms with Crippen molar-refractivity contribution in [3.63, 3.8) is 0 Å². The number of hydrogen-bond donors (Lipinski definition) is 1. The Kier molecular flexibility index (Phi) is 6.67. The van der Waals surface area contributed by atoms with Gasteiger partial charge in [-0.05, 0) is 0 Å². The van der Waals surface area contributed by atoms with Gasteiger partial charge in [0.15, 0.2) is 0 Å². The SMILES string of the molecule is CO[Si](CCOC(=O)CN)(OC)OC. The van der Waals surface area contributed by atoms with E-state index in [2.05, 4.69) is 0 Å². The Balaban J connectivity index is 3.88. The molecule has 0 fully saturated rings. The molecule has 0 bridgehead atoms. The van der Waals surface area contributed by atoms with E-state index in [1.54, 1.807) is 0 Å². The van der Waals surface area contributed by atoms with Crippen LogP contribution in [0.25, 0.3) is 0 Å². The third-order valence-corrected chi connectivity index (χ3v) is 4.45. The van der Waals surface area contributed by atoms with Crippen molar-refractivity contribution in [3.8, 4) is 0 Å². The Bertz CT molecular complexity index is 165. The summed E-state index contributed by atoms with van der Waals surface area (Å²) in [6.07, 6.45) is 0. The van der Waals surface area contributed by atoms with Crippen molar-refractivity contribution < 1.29 is 22.8 Å². The summed E-state index contributed by atoms with van der Waals surface area (Å²) in [6, 6.07) is 0.419. The minimum atomic E-state index is -2.62. The Labute approximate surface area is 84.6 Å². The van der Waals surface area contributed by atoms with E-state index in [9.17, 15) is 4.79 Å². The summed E-state index contributed by atoms with van der Waals surface area (Å²) in [5, 5.41) is 0. The fourth-order valence-corrected chi connectivity index (χ4v) is 2.37. The molecule has 2 N–H and O–H groups in total. The number of ether oxygens (including phenoxy) is 1. The van der Waals surface area contributed by atoms with Gasteiger partial charge in [0.25, 0.3) is 0 Å². The van der Waals surface area contributed by atoms with Crippen molar-refractivity contribution in [2.45, 2.75) is 6.04 Å². The fraction of sp³-hybridized carbons (Fsp3) is 0.857. The lowest BCUT2D eigenvalue weighted by molar-refractivity contribution is -0.141. The van der Waals surface area contributed by atoms with Crippen molar-refractivity contribution in [2.75, 3.05) is 34.5 Å². The number of nitrogens with two attached hydrogens (primary N) is 1. The number of rotatable bonds is 7. The van der Waals surface area contributed by atoms with Gasteiger partial charge in [0.05, 0.1) is 19.2 Å². The lowest BCUT2D eigenvalue weighted by atomic mass is 10.7. The normalized spacial score (nSPS) is 11.4. The molecular weight excluding hydrogens is 206 g/mol. The average molecular weight is 223 g/mol. The van der Waals surface area contributed by atoms with E-state index in [0.717, 1.165) is 0 Å². The smallest absolute Gasteiger partial charge is 0.465 e. The van der Waals surface area contributed by atoms with Gasteiger partial charge in [0, 0.05) is 21.3 Å². The minimum Gasteiger partial charge on any atom is -0.465 e. The standard InChI is InChI=1S/C7H17NO5Si/c1-10-14(11-2,12-3)5-4-13-7(9)6-8/h4-6,8H2,1-3H3. The van der Waals surface area contributed by atoms with E-state index in [4.69, 9.17) is 23.7 Å². The van der Waals surface area contributed by atoms with Gasteiger partial charge in [0.2, 0.25) is 0 Å². The van der Waals surface area contributed by atoms with Gasteiger partial charge in [-0.1, -0.05) is 0 Å². The molecule has 0 aromatic rings. The molecule has 0 unspecified atom stereocenters. The van der Waals surface area contributed by atoms with Crippen molar-refractivity contribution in [1.82, 2.24) is 0 Å². The van der Waals surface area contributed by atoms with Crippen LogP contribution in [0, 0.1) is 0 Å². The first kappa shape index (κ1) is 13.5. The average Bonchev–Trinajstić information content (AvgIpc) is 2.25. The Hall–Kier alpha value is -0.473. The van der Waals surface area contributed by atoms with E-state index in [0.29, 0.717) is 6.04 Å². The van der Waals surface area contributed by atoms with Gasteiger partial charge < -0.3 is 23.7 Å². The lowest BCUT2D eigenvalue weighted by Gasteiger charge is -2.23. The van der Waals surface area contributed by atoms with Crippen molar-refractivity contribution in [2.24, 2.45) is 5.73 Å². The summed E-state index contributed by atoms with van der Waals surface area (Å²) < 4.78 is 20.2. The molecule has 0 rings (SSSR count). The molecule has 0 aliphatic rings. The largest absolute Gasteiger partial charge is 0.503 e. The van der Waals surface area contributed by atoms with Crippen LogP contribution in [0.5, 0.6) is 0 Å². The Morgan fingerprint density at radius 1 is 1.21 bits per heavy atom. The Morgan fingerprint density at radius 2 is 1.71 bits per heavy atom. The molecule has 0 saturated carbocycles. The number of hydrogen-bond acceptors (Lipinski definition) is 6. The quantitative estimate of drug-likeness (QED) is 0.457. The van der Waals surface area contributed by atoms with Crippen LogP contribution >= 0.6 is 0 Å². The summed E-state index contributed by atoms with van der Waals surface area (Å²) in [6.45, 7) is 0.0687. The second kappa shape index (κ2) is 6.90. The predicted molar refractivity (Wildman–Crippen MR) is 51.6 cm³/mol. The van der Waals surface area contributed by atoms with Crippen LogP contribution in [-0.2, 0) is 22.8 Å². The topological polar surface area (TPSA) is 80.0 Å². The van der Waals surface area contributed by atoms with E-state index in [-0.39, 0.29) is 13.2 Å². The van der Waals surface area contributed by atoms with Gasteiger partial charge in [-0.25, -0.2) is 0 Å². The first-order valence-electron chi connectivity index (χ1n) is 4.15. The molecule has 7 heteroatoms. The van der Waals surface area contributed by atoms with E-state index >= 15 is 0 Å². The maximum Gasteiger partial charge on any atom is 0.503 e. The van der Waals surface area contributed by atoms with Crippen LogP contribution in [0.3, 0.4) is 0 Å². The van der Waals surface area contributed by atoms with Crippen LogP contribution in [0.2, 0.25) is 6.04 Å². The van der Waals surface area contributed by atoms with Crippen LogP contribution in [0.15, 0.2) is 0 Å². The molecule has 0 heterocycles. The summed E-state index contributed by atoms with van der Waals surface area (Å²) in [5.74, 6) is -0.448. The Morgan fingerprint density at radius 3 is 2.07 bits per heavy atom. The maximum atomic E-state index is 10.7. The molecule has 0 aromatic heterocycles. The van der Waals surface area contributed by atoms with Gasteiger partial charge in [-0.15, -0.1) is 0 Å². The molecular formula is C7H17NO5Si. The van der Waals surface area contributed by atoms with Gasteiger partial charge in [-0.2, -0.15) is 0 Å². The van der Waals surface area contributed by atoms with Gasteiger partial charge in [0.1, 0.15) is 0 Å².